The summed E-state index contributed by atoms with van der Waals surface area (Å²) in [7, 11) is 0. The molecule has 2 aromatic carbocycles. The van der Waals surface area contributed by atoms with Crippen LogP contribution in [0.1, 0.15) is 39.3 Å². The van der Waals surface area contributed by atoms with E-state index in [2.05, 4.69) is 10.6 Å². The molecule has 2 aromatic rings. The van der Waals surface area contributed by atoms with Crippen LogP contribution in [0.4, 0.5) is 15.8 Å². The fourth-order valence-electron chi connectivity index (χ4n) is 3.58. The molecule has 0 spiro atoms. The SMILES string of the molecule is CC(C)[C@H](NCC(=O)N1c2ccccc2NC(=O)C1(C)C)c1ccc(F)cc1. The van der Waals surface area contributed by atoms with Gasteiger partial charge in [0.1, 0.15) is 11.4 Å². The van der Waals surface area contributed by atoms with E-state index >= 15 is 0 Å². The first-order chi connectivity index (χ1) is 13.2. The molecule has 0 saturated carbocycles. The van der Waals surface area contributed by atoms with Crippen molar-refractivity contribution < 1.29 is 14.0 Å². The Labute approximate surface area is 164 Å². The minimum absolute atomic E-state index is 0.0608. The summed E-state index contributed by atoms with van der Waals surface area (Å²) in [6, 6.07) is 13.5. The number of hydrogen-bond acceptors (Lipinski definition) is 3. The van der Waals surface area contributed by atoms with Crippen LogP contribution < -0.4 is 15.5 Å². The highest BCUT2D eigenvalue weighted by Gasteiger charge is 2.43. The zero-order chi connectivity index (χ0) is 20.5. The maximum atomic E-state index is 13.3. The molecule has 0 aromatic heterocycles. The molecule has 1 aliphatic rings. The zero-order valence-corrected chi connectivity index (χ0v) is 16.6. The summed E-state index contributed by atoms with van der Waals surface area (Å²) in [4.78, 5) is 27.2. The van der Waals surface area contributed by atoms with Gasteiger partial charge in [-0.2, -0.15) is 0 Å². The molecule has 5 nitrogen and oxygen atoms in total. The highest BCUT2D eigenvalue weighted by Crippen LogP contribution is 2.36. The monoisotopic (exact) mass is 383 g/mol. The minimum Gasteiger partial charge on any atom is -0.322 e. The Kier molecular flexibility index (Phi) is 5.52. The fraction of sp³-hybridized carbons (Fsp3) is 0.364. The van der Waals surface area contributed by atoms with Gasteiger partial charge >= 0.3 is 0 Å². The third-order valence-electron chi connectivity index (χ3n) is 5.13. The molecule has 0 unspecified atom stereocenters. The molecule has 1 heterocycles. The topological polar surface area (TPSA) is 61.4 Å². The number of rotatable bonds is 5. The van der Waals surface area contributed by atoms with Gasteiger partial charge in [0.05, 0.1) is 17.9 Å². The van der Waals surface area contributed by atoms with Gasteiger partial charge in [-0.3, -0.25) is 14.5 Å². The number of anilines is 2. The average Bonchev–Trinajstić information content (AvgIpc) is 2.63. The van der Waals surface area contributed by atoms with E-state index in [4.69, 9.17) is 0 Å². The average molecular weight is 383 g/mol. The predicted molar refractivity (Wildman–Crippen MR) is 109 cm³/mol. The molecule has 0 fully saturated rings. The molecule has 1 aliphatic heterocycles. The number of benzene rings is 2. The van der Waals surface area contributed by atoms with E-state index in [0.717, 1.165) is 5.56 Å². The van der Waals surface area contributed by atoms with E-state index in [-0.39, 0.29) is 36.1 Å². The van der Waals surface area contributed by atoms with E-state index < -0.39 is 5.54 Å². The first kappa shape index (κ1) is 20.0. The van der Waals surface area contributed by atoms with Crippen LogP contribution in [0.15, 0.2) is 48.5 Å². The van der Waals surface area contributed by atoms with Crippen molar-refractivity contribution in [3.8, 4) is 0 Å². The smallest absolute Gasteiger partial charge is 0.250 e. The van der Waals surface area contributed by atoms with Crippen molar-refractivity contribution in [3.63, 3.8) is 0 Å². The molecule has 0 bridgehead atoms. The Morgan fingerprint density at radius 3 is 2.43 bits per heavy atom. The Morgan fingerprint density at radius 1 is 1.14 bits per heavy atom. The van der Waals surface area contributed by atoms with Gasteiger partial charge in [0.25, 0.3) is 0 Å². The second-order valence-electron chi connectivity index (χ2n) is 7.91. The third-order valence-corrected chi connectivity index (χ3v) is 5.13. The predicted octanol–water partition coefficient (Wildman–Crippen LogP) is 3.88. The Bertz CT molecular complexity index is 878. The van der Waals surface area contributed by atoms with Gasteiger partial charge in [0, 0.05) is 6.04 Å². The highest BCUT2D eigenvalue weighted by atomic mass is 19.1. The summed E-state index contributed by atoms with van der Waals surface area (Å²) < 4.78 is 13.3. The molecule has 0 saturated heterocycles. The zero-order valence-electron chi connectivity index (χ0n) is 16.6. The van der Waals surface area contributed by atoms with Crippen molar-refractivity contribution in [2.45, 2.75) is 39.3 Å². The van der Waals surface area contributed by atoms with Crippen molar-refractivity contribution >= 4 is 23.2 Å². The van der Waals surface area contributed by atoms with Crippen molar-refractivity contribution in [2.24, 2.45) is 5.92 Å². The van der Waals surface area contributed by atoms with Crippen LogP contribution >= 0.6 is 0 Å². The molecular formula is C22H26FN3O2. The van der Waals surface area contributed by atoms with E-state index in [0.29, 0.717) is 11.4 Å². The summed E-state index contributed by atoms with van der Waals surface area (Å²) in [5, 5.41) is 6.15. The maximum Gasteiger partial charge on any atom is 0.250 e. The molecule has 2 amide bonds. The number of para-hydroxylation sites is 2. The van der Waals surface area contributed by atoms with Crippen LogP contribution in [-0.2, 0) is 9.59 Å². The number of hydrogen-bond donors (Lipinski definition) is 2. The Hall–Kier alpha value is -2.73. The van der Waals surface area contributed by atoms with E-state index in [1.54, 1.807) is 36.9 Å². The van der Waals surface area contributed by atoms with Gasteiger partial charge in [-0.15, -0.1) is 0 Å². The van der Waals surface area contributed by atoms with Crippen LogP contribution in [-0.4, -0.2) is 23.9 Å². The van der Waals surface area contributed by atoms with Crippen LogP contribution in [0.3, 0.4) is 0 Å². The third kappa shape index (κ3) is 3.78. The molecule has 2 N–H and O–H groups in total. The number of fused-ring (bicyclic) bond motifs is 1. The molecule has 148 valence electrons. The maximum absolute atomic E-state index is 13.3. The van der Waals surface area contributed by atoms with Crippen LogP contribution in [0.2, 0.25) is 0 Å². The van der Waals surface area contributed by atoms with Crippen molar-refractivity contribution in [1.29, 1.82) is 0 Å². The van der Waals surface area contributed by atoms with Gasteiger partial charge < -0.3 is 10.6 Å². The molecule has 6 heteroatoms. The van der Waals surface area contributed by atoms with Crippen LogP contribution in [0.5, 0.6) is 0 Å². The van der Waals surface area contributed by atoms with E-state index in [1.807, 2.05) is 32.0 Å². The van der Waals surface area contributed by atoms with Crippen LogP contribution in [0.25, 0.3) is 0 Å². The Balaban J connectivity index is 1.83. The van der Waals surface area contributed by atoms with Crippen molar-refractivity contribution in [1.82, 2.24) is 5.32 Å². The largest absolute Gasteiger partial charge is 0.322 e. The van der Waals surface area contributed by atoms with Gasteiger partial charge in [0.2, 0.25) is 11.8 Å². The van der Waals surface area contributed by atoms with Gasteiger partial charge in [0.15, 0.2) is 0 Å². The lowest BCUT2D eigenvalue weighted by Crippen LogP contribution is -2.60. The number of amides is 2. The van der Waals surface area contributed by atoms with E-state index in [1.165, 1.54) is 12.1 Å². The first-order valence-electron chi connectivity index (χ1n) is 9.44. The lowest BCUT2D eigenvalue weighted by atomic mass is 9.95. The summed E-state index contributed by atoms with van der Waals surface area (Å²) in [6.45, 7) is 7.61. The summed E-state index contributed by atoms with van der Waals surface area (Å²) >= 11 is 0. The summed E-state index contributed by atoms with van der Waals surface area (Å²) in [6.07, 6.45) is 0. The standard InChI is InChI=1S/C22H26FN3O2/c1-14(2)20(15-9-11-16(23)12-10-15)24-13-19(27)26-18-8-6-5-7-17(18)25-21(28)22(26,3)4/h5-12,14,20,24H,13H2,1-4H3,(H,25,28)/t20-/m0/s1. The second-order valence-corrected chi connectivity index (χ2v) is 7.91. The number of halogens is 1. The molecule has 0 aliphatic carbocycles. The fourth-order valence-corrected chi connectivity index (χ4v) is 3.58. The van der Waals surface area contributed by atoms with E-state index in [9.17, 15) is 14.0 Å². The molecule has 0 radical (unpaired) electrons. The number of carbonyl (C=O) groups excluding carboxylic acids is 2. The molecule has 1 atom stereocenters. The normalized spacial score (nSPS) is 16.5. The lowest BCUT2D eigenvalue weighted by Gasteiger charge is -2.42. The Morgan fingerprint density at radius 2 is 1.79 bits per heavy atom. The quantitative estimate of drug-likeness (QED) is 0.824. The molecule has 3 rings (SSSR count). The number of nitrogens with one attached hydrogen (secondary N) is 2. The molecular weight excluding hydrogens is 357 g/mol. The van der Waals surface area contributed by atoms with Crippen molar-refractivity contribution in [2.75, 3.05) is 16.8 Å². The van der Waals surface area contributed by atoms with Gasteiger partial charge in [-0.25, -0.2) is 4.39 Å². The highest BCUT2D eigenvalue weighted by molar-refractivity contribution is 6.14. The number of carbonyl (C=O) groups is 2. The summed E-state index contributed by atoms with van der Waals surface area (Å²) in [5.41, 5.74) is 1.22. The number of nitrogens with zero attached hydrogens (tertiary/aromatic N) is 1. The van der Waals surface area contributed by atoms with Crippen LogP contribution in [0, 0.1) is 11.7 Å². The molecule has 28 heavy (non-hydrogen) atoms. The van der Waals surface area contributed by atoms with Gasteiger partial charge in [-0.05, 0) is 49.6 Å². The van der Waals surface area contributed by atoms with Crippen molar-refractivity contribution in [3.05, 3.63) is 59.9 Å². The first-order valence-corrected chi connectivity index (χ1v) is 9.44. The second kappa shape index (κ2) is 7.72. The lowest BCUT2D eigenvalue weighted by molar-refractivity contribution is -0.126. The minimum atomic E-state index is -1.00. The van der Waals surface area contributed by atoms with Gasteiger partial charge in [-0.1, -0.05) is 38.1 Å². The summed E-state index contributed by atoms with van der Waals surface area (Å²) in [5.74, 6) is -0.512.